The molecule has 0 saturated carbocycles. The Balaban J connectivity index is 2.32. The zero-order valence-corrected chi connectivity index (χ0v) is 10.5. The molecule has 0 spiro atoms. The summed E-state index contributed by atoms with van der Waals surface area (Å²) in [5, 5.41) is 2.81. The summed E-state index contributed by atoms with van der Waals surface area (Å²) >= 11 is 0. The van der Waals surface area contributed by atoms with Gasteiger partial charge in [0.25, 0.3) is 5.91 Å². The second-order valence-corrected chi connectivity index (χ2v) is 4.20. The van der Waals surface area contributed by atoms with Gasteiger partial charge in [0.15, 0.2) is 6.61 Å². The number of nitrogens with one attached hydrogen (secondary N) is 1. The van der Waals surface area contributed by atoms with E-state index in [0.29, 0.717) is 0 Å². The van der Waals surface area contributed by atoms with Crippen LogP contribution in [0.1, 0.15) is 25.3 Å². The fourth-order valence-corrected chi connectivity index (χ4v) is 1.88. The predicted octanol–water partition coefficient (Wildman–Crippen LogP) is 3.39. The highest BCUT2D eigenvalue weighted by Gasteiger charge is 2.16. The summed E-state index contributed by atoms with van der Waals surface area (Å²) in [5.41, 5.74) is 2.86. The number of hydrogen-bond acceptors (Lipinski definition) is 2. The van der Waals surface area contributed by atoms with Gasteiger partial charge >= 0.3 is 0 Å². The van der Waals surface area contributed by atoms with Gasteiger partial charge in [-0.05, 0) is 29.7 Å². The molecule has 94 valence electrons. The molecular weight excluding hydrogens is 226 g/mol. The van der Waals surface area contributed by atoms with Gasteiger partial charge in [0.1, 0.15) is 5.75 Å². The van der Waals surface area contributed by atoms with Gasteiger partial charge < -0.3 is 10.1 Å². The molecule has 0 fully saturated rings. The number of benzene rings is 1. The second-order valence-electron chi connectivity index (χ2n) is 4.20. The summed E-state index contributed by atoms with van der Waals surface area (Å²) < 4.78 is 5.33. The van der Waals surface area contributed by atoms with Crippen molar-refractivity contribution in [1.82, 2.24) is 0 Å². The standard InChI is InChI=1S/C15H17NO2/c1-3-5-6-11(4-2)12-7-8-14-13(9-12)16-15(17)10-18-14/h4,6-9H,2-3,5,10H2,1H3,(H,16,17)/b11-6+. The summed E-state index contributed by atoms with van der Waals surface area (Å²) in [4.78, 5) is 11.3. The van der Waals surface area contributed by atoms with E-state index in [9.17, 15) is 4.79 Å². The number of unbranched alkanes of at least 4 members (excludes halogenated alkanes) is 1. The van der Waals surface area contributed by atoms with Gasteiger partial charge in [-0.25, -0.2) is 0 Å². The van der Waals surface area contributed by atoms with E-state index in [-0.39, 0.29) is 12.5 Å². The summed E-state index contributed by atoms with van der Waals surface area (Å²) in [6.45, 7) is 6.06. The molecule has 0 radical (unpaired) electrons. The largest absolute Gasteiger partial charge is 0.482 e. The number of fused-ring (bicyclic) bond motifs is 1. The van der Waals surface area contributed by atoms with E-state index >= 15 is 0 Å². The molecule has 1 aliphatic heterocycles. The number of allylic oxidation sites excluding steroid dienone is 3. The molecule has 1 amide bonds. The minimum absolute atomic E-state index is 0.0896. The van der Waals surface area contributed by atoms with Crippen LogP contribution in [0.15, 0.2) is 36.9 Å². The van der Waals surface area contributed by atoms with E-state index in [2.05, 4.69) is 24.9 Å². The van der Waals surface area contributed by atoms with Gasteiger partial charge in [0.2, 0.25) is 0 Å². The zero-order chi connectivity index (χ0) is 13.0. The molecule has 0 aromatic heterocycles. The van der Waals surface area contributed by atoms with Crippen LogP contribution in [0.4, 0.5) is 5.69 Å². The molecule has 3 heteroatoms. The second kappa shape index (κ2) is 5.54. The van der Waals surface area contributed by atoms with Crippen LogP contribution in [0, 0.1) is 0 Å². The number of ether oxygens (including phenoxy) is 1. The van der Waals surface area contributed by atoms with Gasteiger partial charge in [-0.1, -0.05) is 38.1 Å². The Morgan fingerprint density at radius 3 is 3.11 bits per heavy atom. The summed E-state index contributed by atoms with van der Waals surface area (Å²) in [6.07, 6.45) is 6.10. The predicted molar refractivity (Wildman–Crippen MR) is 73.6 cm³/mol. The molecule has 2 rings (SSSR count). The number of carbonyl (C=O) groups excluding carboxylic acids is 1. The summed E-state index contributed by atoms with van der Waals surface area (Å²) in [5.74, 6) is 0.606. The third-order valence-electron chi connectivity index (χ3n) is 2.82. The molecule has 1 aliphatic rings. The maximum atomic E-state index is 11.3. The van der Waals surface area contributed by atoms with Crippen molar-refractivity contribution in [3.63, 3.8) is 0 Å². The minimum atomic E-state index is -0.114. The van der Waals surface area contributed by atoms with Crippen molar-refractivity contribution in [2.24, 2.45) is 0 Å². The molecule has 0 bridgehead atoms. The van der Waals surface area contributed by atoms with Gasteiger partial charge in [0.05, 0.1) is 5.69 Å². The van der Waals surface area contributed by atoms with E-state index < -0.39 is 0 Å². The Morgan fingerprint density at radius 2 is 2.39 bits per heavy atom. The van der Waals surface area contributed by atoms with Crippen LogP contribution < -0.4 is 10.1 Å². The first kappa shape index (κ1) is 12.4. The first-order valence-electron chi connectivity index (χ1n) is 6.14. The fourth-order valence-electron chi connectivity index (χ4n) is 1.88. The highest BCUT2D eigenvalue weighted by atomic mass is 16.5. The Hall–Kier alpha value is -2.03. The van der Waals surface area contributed by atoms with Crippen LogP contribution >= 0.6 is 0 Å². The average Bonchev–Trinajstić information content (AvgIpc) is 2.39. The first-order chi connectivity index (χ1) is 8.74. The lowest BCUT2D eigenvalue weighted by atomic mass is 10.0. The first-order valence-corrected chi connectivity index (χ1v) is 6.14. The van der Waals surface area contributed by atoms with Crippen molar-refractivity contribution >= 4 is 17.2 Å². The van der Waals surface area contributed by atoms with Crippen molar-refractivity contribution in [2.75, 3.05) is 11.9 Å². The topological polar surface area (TPSA) is 38.3 Å². The molecular formula is C15H17NO2. The van der Waals surface area contributed by atoms with E-state index in [1.807, 2.05) is 24.3 Å². The lowest BCUT2D eigenvalue weighted by molar-refractivity contribution is -0.118. The fraction of sp³-hybridized carbons (Fsp3) is 0.267. The highest BCUT2D eigenvalue weighted by molar-refractivity contribution is 5.96. The average molecular weight is 243 g/mol. The van der Waals surface area contributed by atoms with Crippen molar-refractivity contribution in [2.45, 2.75) is 19.8 Å². The van der Waals surface area contributed by atoms with E-state index in [0.717, 1.165) is 35.4 Å². The molecule has 1 heterocycles. The van der Waals surface area contributed by atoms with Crippen molar-refractivity contribution < 1.29 is 9.53 Å². The third-order valence-corrected chi connectivity index (χ3v) is 2.82. The number of carbonyl (C=O) groups is 1. The molecule has 0 saturated heterocycles. The van der Waals surface area contributed by atoms with E-state index in [4.69, 9.17) is 4.74 Å². The van der Waals surface area contributed by atoms with Gasteiger partial charge in [-0.3, -0.25) is 4.79 Å². The Labute approximate surface area is 107 Å². The number of anilines is 1. The van der Waals surface area contributed by atoms with Crippen LogP contribution in [-0.4, -0.2) is 12.5 Å². The van der Waals surface area contributed by atoms with Crippen molar-refractivity contribution in [1.29, 1.82) is 0 Å². The minimum Gasteiger partial charge on any atom is -0.482 e. The van der Waals surface area contributed by atoms with E-state index in [1.165, 1.54) is 0 Å². The molecule has 18 heavy (non-hydrogen) atoms. The monoisotopic (exact) mass is 243 g/mol. The Kier molecular flexibility index (Phi) is 3.82. The van der Waals surface area contributed by atoms with E-state index in [1.54, 1.807) is 0 Å². The quantitative estimate of drug-likeness (QED) is 0.823. The van der Waals surface area contributed by atoms with Crippen molar-refractivity contribution in [3.8, 4) is 5.75 Å². The van der Waals surface area contributed by atoms with Gasteiger partial charge in [-0.15, -0.1) is 0 Å². The van der Waals surface area contributed by atoms with Crippen LogP contribution in [0.2, 0.25) is 0 Å². The maximum absolute atomic E-state index is 11.3. The summed E-state index contributed by atoms with van der Waals surface area (Å²) in [6, 6.07) is 5.79. The van der Waals surface area contributed by atoms with Gasteiger partial charge in [0, 0.05) is 0 Å². The van der Waals surface area contributed by atoms with Crippen LogP contribution in [0.5, 0.6) is 5.75 Å². The molecule has 0 unspecified atom stereocenters. The molecule has 1 aromatic carbocycles. The van der Waals surface area contributed by atoms with Crippen LogP contribution in [0.25, 0.3) is 5.57 Å². The third kappa shape index (κ3) is 2.62. The lowest BCUT2D eigenvalue weighted by Crippen LogP contribution is -2.25. The van der Waals surface area contributed by atoms with Gasteiger partial charge in [-0.2, -0.15) is 0 Å². The van der Waals surface area contributed by atoms with Crippen molar-refractivity contribution in [3.05, 3.63) is 42.5 Å². The summed E-state index contributed by atoms with van der Waals surface area (Å²) in [7, 11) is 0. The van der Waals surface area contributed by atoms with Crippen LogP contribution in [-0.2, 0) is 4.79 Å². The molecule has 0 aliphatic carbocycles. The zero-order valence-electron chi connectivity index (χ0n) is 10.5. The van der Waals surface area contributed by atoms with Crippen LogP contribution in [0.3, 0.4) is 0 Å². The number of hydrogen-bond donors (Lipinski definition) is 1. The smallest absolute Gasteiger partial charge is 0.262 e. The molecule has 1 aromatic rings. The normalized spacial score (nSPS) is 14.5. The molecule has 0 atom stereocenters. The Morgan fingerprint density at radius 1 is 1.56 bits per heavy atom. The molecule has 3 nitrogen and oxygen atoms in total. The lowest BCUT2D eigenvalue weighted by Gasteiger charge is -2.18. The SMILES string of the molecule is C=C/C(=C\CCC)c1ccc2c(c1)NC(=O)CO2. The number of rotatable bonds is 4. The number of amides is 1. The highest BCUT2D eigenvalue weighted by Crippen LogP contribution is 2.31. The Bertz CT molecular complexity index is 503. The maximum Gasteiger partial charge on any atom is 0.262 e. The molecule has 1 N–H and O–H groups in total.